The van der Waals surface area contributed by atoms with E-state index in [1.165, 1.54) is 44.5 Å². The molecule has 0 bridgehead atoms. The molecule has 0 fully saturated rings. The van der Waals surface area contributed by atoms with Crippen LogP contribution in [-0.2, 0) is 5.41 Å². The van der Waals surface area contributed by atoms with Crippen molar-refractivity contribution >= 4 is 21.9 Å². The van der Waals surface area contributed by atoms with Crippen molar-refractivity contribution in [3.05, 3.63) is 210 Å². The number of rotatable bonds is 4. The van der Waals surface area contributed by atoms with Crippen LogP contribution < -0.4 is 0 Å². The minimum atomic E-state index is -0.416. The summed E-state index contributed by atoms with van der Waals surface area (Å²) in [5.74, 6) is 1.80. The second kappa shape index (κ2) is 11.8. The molecule has 12 rings (SSSR count). The second-order valence-corrected chi connectivity index (χ2v) is 14.6. The molecule has 8 aromatic carbocycles. The Kier molecular flexibility index (Phi) is 6.52. The van der Waals surface area contributed by atoms with Crippen molar-refractivity contribution < 1.29 is 4.42 Å². The summed E-state index contributed by atoms with van der Waals surface area (Å²) in [7, 11) is 0. The van der Waals surface area contributed by atoms with Crippen LogP contribution in [0.5, 0.6) is 0 Å². The first kappa shape index (κ1) is 31.0. The molecule has 0 N–H and O–H groups in total. The zero-order valence-electron chi connectivity index (χ0n) is 30.1. The third kappa shape index (κ3) is 4.27. The summed E-state index contributed by atoms with van der Waals surface area (Å²) < 4.78 is 6.82. The van der Waals surface area contributed by atoms with E-state index in [-0.39, 0.29) is 0 Å². The predicted octanol–water partition coefficient (Wildman–Crippen LogP) is 12.8. The minimum Gasteiger partial charge on any atom is -0.455 e. The molecule has 10 aromatic rings. The van der Waals surface area contributed by atoms with Gasteiger partial charge in [-0.2, -0.15) is 0 Å². The van der Waals surface area contributed by atoms with Crippen LogP contribution in [0.15, 0.2) is 192 Å². The molecule has 56 heavy (non-hydrogen) atoms. The molecule has 0 unspecified atom stereocenters. The highest BCUT2D eigenvalue weighted by molar-refractivity contribution is 6.15. The van der Waals surface area contributed by atoms with E-state index in [9.17, 15) is 0 Å². The third-order valence-corrected chi connectivity index (χ3v) is 11.8. The normalized spacial score (nSPS) is 13.1. The summed E-state index contributed by atoms with van der Waals surface area (Å²) >= 11 is 0. The molecule has 0 atom stereocenters. The third-order valence-electron chi connectivity index (χ3n) is 11.8. The smallest absolute Gasteiger partial charge is 0.167 e. The Hall–Kier alpha value is -7.43. The van der Waals surface area contributed by atoms with Crippen LogP contribution in [0.4, 0.5) is 0 Å². The van der Waals surface area contributed by atoms with Crippen LogP contribution in [0.2, 0.25) is 0 Å². The van der Waals surface area contributed by atoms with E-state index in [2.05, 4.69) is 127 Å². The fraction of sp³-hybridized carbons (Fsp3) is 0.0192. The number of para-hydroxylation sites is 1. The lowest BCUT2D eigenvalue weighted by molar-refractivity contribution is 0.669. The first-order valence-corrected chi connectivity index (χ1v) is 19.0. The van der Waals surface area contributed by atoms with E-state index in [0.717, 1.165) is 49.8 Å². The van der Waals surface area contributed by atoms with Gasteiger partial charge in [-0.05, 0) is 73.8 Å². The molecule has 260 valence electrons. The van der Waals surface area contributed by atoms with Crippen molar-refractivity contribution in [3.63, 3.8) is 0 Å². The molecule has 0 aliphatic heterocycles. The van der Waals surface area contributed by atoms with Gasteiger partial charge in [0.05, 0.1) is 11.0 Å². The molecule has 0 amide bonds. The number of furan rings is 1. The maximum Gasteiger partial charge on any atom is 0.167 e. The number of aromatic nitrogens is 3. The molecule has 0 saturated carbocycles. The molecular formula is C52H31N3O. The number of hydrogen-bond acceptors (Lipinski definition) is 4. The van der Waals surface area contributed by atoms with Crippen LogP contribution in [0.3, 0.4) is 0 Å². The summed E-state index contributed by atoms with van der Waals surface area (Å²) in [5, 5.41) is 2.09. The highest BCUT2D eigenvalue weighted by atomic mass is 16.3. The maximum atomic E-state index is 6.82. The Morgan fingerprint density at radius 1 is 0.339 bits per heavy atom. The van der Waals surface area contributed by atoms with Crippen molar-refractivity contribution in [1.82, 2.24) is 15.0 Å². The Morgan fingerprint density at radius 3 is 1.43 bits per heavy atom. The summed E-state index contributed by atoms with van der Waals surface area (Å²) in [6.45, 7) is 0. The zero-order chi connectivity index (χ0) is 36.8. The Morgan fingerprint density at radius 2 is 0.821 bits per heavy atom. The molecule has 4 heteroatoms. The highest BCUT2D eigenvalue weighted by Gasteiger charge is 2.51. The number of fused-ring (bicyclic) bond motifs is 13. The lowest BCUT2D eigenvalue weighted by Gasteiger charge is -2.30. The predicted molar refractivity (Wildman–Crippen MR) is 225 cm³/mol. The van der Waals surface area contributed by atoms with Gasteiger partial charge < -0.3 is 4.42 Å². The first-order valence-electron chi connectivity index (χ1n) is 19.0. The fourth-order valence-corrected chi connectivity index (χ4v) is 9.46. The summed E-state index contributed by atoms with van der Waals surface area (Å²) in [6.07, 6.45) is 0. The van der Waals surface area contributed by atoms with Crippen molar-refractivity contribution in [2.24, 2.45) is 0 Å². The summed E-state index contributed by atoms with van der Waals surface area (Å²) in [6, 6.07) is 66.7. The SMILES string of the molecule is c1ccc(-c2nc(-c3ccccc3)nc(-c3cccc4c3oc3cccc(-c5ccc6c(c5)C5(c7ccccc7-c7ccccc75)c5ccccc5-6)c34)n2)cc1. The molecule has 1 spiro atoms. The van der Waals surface area contributed by atoms with E-state index < -0.39 is 5.41 Å². The molecule has 2 heterocycles. The number of nitrogens with zero attached hydrogens (tertiary/aromatic N) is 3. The number of hydrogen-bond donors (Lipinski definition) is 0. The standard InChI is InChI=1S/C52H31N3O/c1-3-15-32(16-4-1)49-53-50(33-17-5-2-6-18-33)55-51(54-49)41-24-13-23-40-47-35(22-14-28-46(47)56-48(40)41)34-29-30-39-38-21-9-12-27-44(38)52(45(39)31-34)42-25-10-7-19-36(42)37-20-8-11-26-43(37)52/h1-31H. The Balaban J connectivity index is 1.08. The van der Waals surface area contributed by atoms with Crippen LogP contribution in [0, 0.1) is 0 Å². The van der Waals surface area contributed by atoms with Crippen molar-refractivity contribution in [2.75, 3.05) is 0 Å². The van der Waals surface area contributed by atoms with E-state index in [1.54, 1.807) is 0 Å². The number of benzene rings is 8. The molecule has 2 aliphatic carbocycles. The first-order chi connectivity index (χ1) is 27.8. The van der Waals surface area contributed by atoms with Gasteiger partial charge in [0.25, 0.3) is 0 Å². The van der Waals surface area contributed by atoms with Gasteiger partial charge in [-0.1, -0.05) is 170 Å². The van der Waals surface area contributed by atoms with Gasteiger partial charge in [0.15, 0.2) is 17.5 Å². The van der Waals surface area contributed by atoms with E-state index in [1.807, 2.05) is 60.7 Å². The van der Waals surface area contributed by atoms with Crippen LogP contribution in [-0.4, -0.2) is 15.0 Å². The topological polar surface area (TPSA) is 51.8 Å². The molecule has 0 saturated heterocycles. The lowest BCUT2D eigenvalue weighted by Crippen LogP contribution is -2.25. The van der Waals surface area contributed by atoms with Crippen LogP contribution in [0.1, 0.15) is 22.3 Å². The molecule has 2 aliphatic rings. The second-order valence-electron chi connectivity index (χ2n) is 14.6. The van der Waals surface area contributed by atoms with Crippen molar-refractivity contribution in [1.29, 1.82) is 0 Å². The van der Waals surface area contributed by atoms with Crippen molar-refractivity contribution in [2.45, 2.75) is 5.41 Å². The highest BCUT2D eigenvalue weighted by Crippen LogP contribution is 2.63. The van der Waals surface area contributed by atoms with Gasteiger partial charge in [0.1, 0.15) is 11.2 Å². The molecule has 0 radical (unpaired) electrons. The monoisotopic (exact) mass is 713 g/mol. The van der Waals surface area contributed by atoms with Gasteiger partial charge in [-0.25, -0.2) is 15.0 Å². The Labute approximate surface area is 323 Å². The van der Waals surface area contributed by atoms with Gasteiger partial charge in [0, 0.05) is 21.9 Å². The van der Waals surface area contributed by atoms with Gasteiger partial charge in [0.2, 0.25) is 0 Å². The largest absolute Gasteiger partial charge is 0.455 e. The van der Waals surface area contributed by atoms with E-state index in [0.29, 0.717) is 17.5 Å². The molecule has 4 nitrogen and oxygen atoms in total. The van der Waals surface area contributed by atoms with Gasteiger partial charge in [-0.3, -0.25) is 0 Å². The quantitative estimate of drug-likeness (QED) is 0.182. The van der Waals surface area contributed by atoms with Crippen LogP contribution >= 0.6 is 0 Å². The van der Waals surface area contributed by atoms with E-state index in [4.69, 9.17) is 19.4 Å². The maximum absolute atomic E-state index is 6.82. The molecule has 2 aromatic heterocycles. The van der Waals surface area contributed by atoms with Crippen LogP contribution in [0.25, 0.3) is 89.5 Å². The Bertz CT molecular complexity index is 3080. The average molecular weight is 714 g/mol. The van der Waals surface area contributed by atoms with Gasteiger partial charge >= 0.3 is 0 Å². The summed E-state index contributed by atoms with van der Waals surface area (Å²) in [4.78, 5) is 15.0. The minimum absolute atomic E-state index is 0.416. The summed E-state index contributed by atoms with van der Waals surface area (Å²) in [5.41, 5.74) is 16.6. The molecular weight excluding hydrogens is 683 g/mol. The fourth-order valence-electron chi connectivity index (χ4n) is 9.46. The zero-order valence-corrected chi connectivity index (χ0v) is 30.1. The van der Waals surface area contributed by atoms with E-state index >= 15 is 0 Å². The average Bonchev–Trinajstić information content (AvgIpc) is 3.91. The lowest BCUT2D eigenvalue weighted by atomic mass is 9.70. The van der Waals surface area contributed by atoms with Gasteiger partial charge in [-0.15, -0.1) is 0 Å². The van der Waals surface area contributed by atoms with Crippen molar-refractivity contribution in [3.8, 4) is 67.5 Å².